The third kappa shape index (κ3) is 2.68. The van der Waals surface area contributed by atoms with Crippen molar-refractivity contribution in [1.29, 1.82) is 5.26 Å². The number of anilines is 2. The normalized spacial score (nSPS) is 24.0. The Labute approximate surface area is 102 Å². The van der Waals surface area contributed by atoms with Gasteiger partial charge in [-0.05, 0) is 30.9 Å². The van der Waals surface area contributed by atoms with Crippen molar-refractivity contribution in [2.24, 2.45) is 5.92 Å². The van der Waals surface area contributed by atoms with E-state index in [-0.39, 0.29) is 0 Å². The Hall–Kier alpha value is -1.76. The van der Waals surface area contributed by atoms with Gasteiger partial charge in [-0.3, -0.25) is 0 Å². The standard InChI is InChI=1S/C13H18N4/c1-9-4-2-3-5-11(9)16-13-7-6-10(15)12(8-14)17-13/h6-7,9,11H,2-5,15H2,1H3,(H,16,17). The summed E-state index contributed by atoms with van der Waals surface area (Å²) in [6.45, 7) is 2.26. The predicted octanol–water partition coefficient (Wildman–Crippen LogP) is 2.53. The van der Waals surface area contributed by atoms with E-state index in [4.69, 9.17) is 11.0 Å². The van der Waals surface area contributed by atoms with E-state index < -0.39 is 0 Å². The van der Waals surface area contributed by atoms with Gasteiger partial charge in [0, 0.05) is 6.04 Å². The quantitative estimate of drug-likeness (QED) is 0.818. The molecule has 1 fully saturated rings. The minimum Gasteiger partial charge on any atom is -0.396 e. The molecular weight excluding hydrogens is 212 g/mol. The van der Waals surface area contributed by atoms with E-state index in [0.717, 1.165) is 5.82 Å². The third-order valence-corrected chi connectivity index (χ3v) is 3.48. The van der Waals surface area contributed by atoms with Crippen LogP contribution in [0.3, 0.4) is 0 Å². The molecule has 0 aliphatic heterocycles. The molecule has 3 N–H and O–H groups in total. The van der Waals surface area contributed by atoms with Crippen LogP contribution in [0.5, 0.6) is 0 Å². The topological polar surface area (TPSA) is 74.7 Å². The molecule has 90 valence electrons. The summed E-state index contributed by atoms with van der Waals surface area (Å²) in [5.41, 5.74) is 6.39. The number of rotatable bonds is 2. The first-order chi connectivity index (χ1) is 8.20. The second kappa shape index (κ2) is 5.05. The number of nitrogens with zero attached hydrogens (tertiary/aromatic N) is 2. The highest BCUT2D eigenvalue weighted by molar-refractivity contribution is 5.54. The number of hydrogen-bond donors (Lipinski definition) is 2. The molecule has 4 nitrogen and oxygen atoms in total. The van der Waals surface area contributed by atoms with Crippen LogP contribution in [0, 0.1) is 17.2 Å². The van der Waals surface area contributed by atoms with Crippen molar-refractivity contribution in [3.8, 4) is 6.07 Å². The van der Waals surface area contributed by atoms with Crippen molar-refractivity contribution in [2.45, 2.75) is 38.6 Å². The highest BCUT2D eigenvalue weighted by Crippen LogP contribution is 2.26. The molecule has 0 radical (unpaired) electrons. The van der Waals surface area contributed by atoms with Gasteiger partial charge in [0.15, 0.2) is 5.69 Å². The lowest BCUT2D eigenvalue weighted by Crippen LogP contribution is -2.30. The Morgan fingerprint density at radius 2 is 2.18 bits per heavy atom. The second-order valence-electron chi connectivity index (χ2n) is 4.76. The summed E-state index contributed by atoms with van der Waals surface area (Å²) in [6.07, 6.45) is 5.02. The van der Waals surface area contributed by atoms with Crippen LogP contribution in [0.15, 0.2) is 12.1 Å². The van der Waals surface area contributed by atoms with E-state index >= 15 is 0 Å². The molecule has 0 spiro atoms. The van der Waals surface area contributed by atoms with E-state index in [1.165, 1.54) is 25.7 Å². The molecule has 0 aromatic carbocycles. The molecule has 0 amide bonds. The van der Waals surface area contributed by atoms with E-state index in [0.29, 0.717) is 23.3 Å². The van der Waals surface area contributed by atoms with Crippen LogP contribution in [-0.4, -0.2) is 11.0 Å². The molecule has 1 aromatic rings. The zero-order valence-electron chi connectivity index (χ0n) is 10.1. The van der Waals surface area contributed by atoms with Gasteiger partial charge in [0.05, 0.1) is 5.69 Å². The molecule has 2 atom stereocenters. The molecular formula is C13H18N4. The van der Waals surface area contributed by atoms with Crippen molar-refractivity contribution in [3.05, 3.63) is 17.8 Å². The highest BCUT2D eigenvalue weighted by atomic mass is 15.0. The fourth-order valence-corrected chi connectivity index (χ4v) is 2.36. The maximum atomic E-state index is 8.88. The van der Waals surface area contributed by atoms with Crippen LogP contribution in [-0.2, 0) is 0 Å². The number of nitrogen functional groups attached to an aromatic ring is 1. The van der Waals surface area contributed by atoms with Crippen LogP contribution < -0.4 is 11.1 Å². The summed E-state index contributed by atoms with van der Waals surface area (Å²) < 4.78 is 0. The van der Waals surface area contributed by atoms with Crippen LogP contribution in [0.25, 0.3) is 0 Å². The van der Waals surface area contributed by atoms with E-state index in [1.54, 1.807) is 6.07 Å². The molecule has 1 aliphatic rings. The summed E-state index contributed by atoms with van der Waals surface area (Å²) in [6, 6.07) is 6.05. The second-order valence-corrected chi connectivity index (χ2v) is 4.76. The summed E-state index contributed by atoms with van der Waals surface area (Å²) in [7, 11) is 0. The fourth-order valence-electron chi connectivity index (χ4n) is 2.36. The average Bonchev–Trinajstić information content (AvgIpc) is 2.34. The molecule has 0 bridgehead atoms. The highest BCUT2D eigenvalue weighted by Gasteiger charge is 2.21. The molecule has 0 saturated heterocycles. The number of aromatic nitrogens is 1. The number of nitrogens with two attached hydrogens (primary N) is 1. The Morgan fingerprint density at radius 3 is 2.88 bits per heavy atom. The summed E-state index contributed by atoms with van der Waals surface area (Å²) in [4.78, 5) is 4.22. The van der Waals surface area contributed by atoms with Gasteiger partial charge in [0.25, 0.3) is 0 Å². The van der Waals surface area contributed by atoms with Crippen LogP contribution in [0.4, 0.5) is 11.5 Å². The monoisotopic (exact) mass is 230 g/mol. The number of nitriles is 1. The summed E-state index contributed by atoms with van der Waals surface area (Å²) >= 11 is 0. The van der Waals surface area contributed by atoms with Gasteiger partial charge in [-0.15, -0.1) is 0 Å². The molecule has 17 heavy (non-hydrogen) atoms. The van der Waals surface area contributed by atoms with Gasteiger partial charge < -0.3 is 11.1 Å². The zero-order valence-corrected chi connectivity index (χ0v) is 10.1. The third-order valence-electron chi connectivity index (χ3n) is 3.48. The molecule has 1 aliphatic carbocycles. The minimum atomic E-state index is 0.304. The largest absolute Gasteiger partial charge is 0.396 e. The Morgan fingerprint density at radius 1 is 1.41 bits per heavy atom. The van der Waals surface area contributed by atoms with Gasteiger partial charge in [0.1, 0.15) is 11.9 Å². The minimum absolute atomic E-state index is 0.304. The van der Waals surface area contributed by atoms with Crippen molar-refractivity contribution in [2.75, 3.05) is 11.1 Å². The molecule has 1 saturated carbocycles. The predicted molar refractivity (Wildman–Crippen MR) is 68.4 cm³/mol. The van der Waals surface area contributed by atoms with Gasteiger partial charge in [-0.1, -0.05) is 19.8 Å². The number of pyridine rings is 1. The number of nitrogens with one attached hydrogen (secondary N) is 1. The maximum absolute atomic E-state index is 8.88. The fraction of sp³-hybridized carbons (Fsp3) is 0.538. The van der Waals surface area contributed by atoms with Gasteiger partial charge in [0.2, 0.25) is 0 Å². The smallest absolute Gasteiger partial charge is 0.165 e. The first-order valence-corrected chi connectivity index (χ1v) is 6.14. The Balaban J connectivity index is 2.10. The van der Waals surface area contributed by atoms with E-state index in [1.807, 2.05) is 12.1 Å². The van der Waals surface area contributed by atoms with Crippen molar-refractivity contribution in [3.63, 3.8) is 0 Å². The maximum Gasteiger partial charge on any atom is 0.165 e. The van der Waals surface area contributed by atoms with Crippen molar-refractivity contribution in [1.82, 2.24) is 4.98 Å². The molecule has 1 aromatic heterocycles. The first-order valence-electron chi connectivity index (χ1n) is 6.14. The summed E-state index contributed by atoms with van der Waals surface area (Å²) in [5, 5.41) is 12.3. The molecule has 4 heteroatoms. The van der Waals surface area contributed by atoms with Gasteiger partial charge >= 0.3 is 0 Å². The Bertz CT molecular complexity index is 436. The molecule has 2 rings (SSSR count). The molecule has 1 heterocycles. The Kier molecular flexibility index (Phi) is 3.48. The van der Waals surface area contributed by atoms with Crippen molar-refractivity contribution < 1.29 is 0 Å². The van der Waals surface area contributed by atoms with Crippen molar-refractivity contribution >= 4 is 11.5 Å². The lowest BCUT2D eigenvalue weighted by atomic mass is 9.86. The SMILES string of the molecule is CC1CCCCC1Nc1ccc(N)c(C#N)n1. The summed E-state index contributed by atoms with van der Waals surface area (Å²) in [5.74, 6) is 1.42. The zero-order chi connectivity index (χ0) is 12.3. The van der Waals surface area contributed by atoms with E-state index in [9.17, 15) is 0 Å². The van der Waals surface area contributed by atoms with Crippen LogP contribution in [0.1, 0.15) is 38.3 Å². The lowest BCUT2D eigenvalue weighted by Gasteiger charge is -2.29. The molecule has 2 unspecified atom stereocenters. The van der Waals surface area contributed by atoms with Crippen LogP contribution >= 0.6 is 0 Å². The van der Waals surface area contributed by atoms with Gasteiger partial charge in [-0.2, -0.15) is 5.26 Å². The van der Waals surface area contributed by atoms with Gasteiger partial charge in [-0.25, -0.2) is 4.98 Å². The van der Waals surface area contributed by atoms with E-state index in [2.05, 4.69) is 17.2 Å². The van der Waals surface area contributed by atoms with Crippen LogP contribution in [0.2, 0.25) is 0 Å². The first kappa shape index (κ1) is 11.7. The average molecular weight is 230 g/mol. The number of hydrogen-bond acceptors (Lipinski definition) is 4. The lowest BCUT2D eigenvalue weighted by molar-refractivity contribution is 0.349.